The number of rotatable bonds is 2. The normalized spacial score (nSPS) is 26.5. The average molecular weight is 230 g/mol. The molecule has 1 saturated heterocycles. The van der Waals surface area contributed by atoms with Crippen LogP contribution < -0.4 is 0 Å². The molecule has 0 aromatic rings. The Morgan fingerprint density at radius 2 is 2.40 bits per heavy atom. The van der Waals surface area contributed by atoms with E-state index in [9.17, 15) is 4.79 Å². The second kappa shape index (κ2) is 5.34. The van der Waals surface area contributed by atoms with Gasteiger partial charge in [0.05, 0.1) is 6.07 Å². The molecule has 0 bridgehead atoms. The fraction of sp³-hybridized carbons (Fsp3) is 0.800. The Morgan fingerprint density at radius 3 is 2.93 bits per heavy atom. The van der Waals surface area contributed by atoms with E-state index in [1.807, 2.05) is 6.07 Å². The van der Waals surface area contributed by atoms with E-state index in [0.717, 1.165) is 13.0 Å². The average Bonchev–Trinajstić information content (AvgIpc) is 2.18. The Labute approximate surface area is 95.5 Å². The number of likely N-dealkylation sites (N-methyl/N-ethyl adjacent to an activating group) is 1. The summed E-state index contributed by atoms with van der Waals surface area (Å²) >= 11 is 5.93. The molecule has 1 fully saturated rings. The van der Waals surface area contributed by atoms with E-state index in [1.54, 1.807) is 16.4 Å². The minimum absolute atomic E-state index is 0.0346. The summed E-state index contributed by atoms with van der Waals surface area (Å²) in [5.41, 5.74) is 0. The van der Waals surface area contributed by atoms with Crippen molar-refractivity contribution in [2.45, 2.75) is 25.8 Å². The van der Waals surface area contributed by atoms with E-state index < -0.39 is 0 Å². The van der Waals surface area contributed by atoms with Crippen LogP contribution in [0, 0.1) is 17.2 Å². The molecule has 4 nitrogen and oxygen atoms in total. The van der Waals surface area contributed by atoms with Gasteiger partial charge in [-0.2, -0.15) is 5.26 Å². The molecule has 0 spiro atoms. The van der Waals surface area contributed by atoms with E-state index >= 15 is 0 Å². The summed E-state index contributed by atoms with van der Waals surface area (Å²) in [6.45, 7) is 3.50. The molecular formula is C10H16ClN3O. The number of hydrogen-bond donors (Lipinski definition) is 0. The maximum atomic E-state index is 11.5. The third-order valence-corrected chi connectivity index (χ3v) is 3.21. The topological polar surface area (TPSA) is 47.3 Å². The number of piperidine rings is 1. The minimum Gasteiger partial charge on any atom is -0.340 e. The first-order chi connectivity index (χ1) is 7.06. The van der Waals surface area contributed by atoms with Crippen molar-refractivity contribution >= 4 is 17.7 Å². The lowest BCUT2D eigenvalue weighted by Crippen LogP contribution is -2.50. The first-order valence-electron chi connectivity index (χ1n) is 5.09. The Kier molecular flexibility index (Phi) is 4.37. The van der Waals surface area contributed by atoms with Crippen LogP contribution in [0.1, 0.15) is 19.8 Å². The van der Waals surface area contributed by atoms with Gasteiger partial charge < -0.3 is 4.90 Å². The van der Waals surface area contributed by atoms with Gasteiger partial charge in [0.2, 0.25) is 5.91 Å². The van der Waals surface area contributed by atoms with Gasteiger partial charge in [-0.05, 0) is 24.1 Å². The molecule has 2 atom stereocenters. The SMILES string of the molecule is C[C@@H]1CCN(C(=O)CC#N)C[C@@H]1N(C)Cl. The molecule has 0 aliphatic carbocycles. The lowest BCUT2D eigenvalue weighted by Gasteiger charge is -2.38. The van der Waals surface area contributed by atoms with Crippen molar-refractivity contribution in [2.75, 3.05) is 20.1 Å². The molecule has 1 heterocycles. The van der Waals surface area contributed by atoms with E-state index in [1.165, 1.54) is 0 Å². The first-order valence-corrected chi connectivity index (χ1v) is 5.43. The number of nitrogens with zero attached hydrogens (tertiary/aromatic N) is 3. The van der Waals surface area contributed by atoms with Crippen LogP contribution in [0.2, 0.25) is 0 Å². The van der Waals surface area contributed by atoms with Gasteiger partial charge in [0, 0.05) is 26.2 Å². The van der Waals surface area contributed by atoms with Gasteiger partial charge in [-0.3, -0.25) is 4.79 Å². The number of hydrogen-bond acceptors (Lipinski definition) is 3. The van der Waals surface area contributed by atoms with Crippen LogP contribution in [0.4, 0.5) is 0 Å². The van der Waals surface area contributed by atoms with Crippen LogP contribution in [-0.2, 0) is 4.79 Å². The highest BCUT2D eigenvalue weighted by Crippen LogP contribution is 2.22. The molecule has 0 aromatic heterocycles. The summed E-state index contributed by atoms with van der Waals surface area (Å²) < 4.78 is 1.64. The molecule has 1 aliphatic heterocycles. The molecule has 0 N–H and O–H groups in total. The zero-order valence-corrected chi connectivity index (χ0v) is 9.87. The van der Waals surface area contributed by atoms with Crippen molar-refractivity contribution in [3.05, 3.63) is 0 Å². The predicted molar refractivity (Wildman–Crippen MR) is 58.0 cm³/mol. The van der Waals surface area contributed by atoms with Crippen LogP contribution in [0.5, 0.6) is 0 Å². The van der Waals surface area contributed by atoms with E-state index in [0.29, 0.717) is 12.5 Å². The van der Waals surface area contributed by atoms with Crippen LogP contribution in [0.25, 0.3) is 0 Å². The highest BCUT2D eigenvalue weighted by atomic mass is 35.5. The Hall–Kier alpha value is -0.790. The molecular weight excluding hydrogens is 214 g/mol. The van der Waals surface area contributed by atoms with Crippen molar-refractivity contribution in [3.8, 4) is 6.07 Å². The molecule has 5 heteroatoms. The molecule has 1 rings (SSSR count). The summed E-state index contributed by atoms with van der Waals surface area (Å²) in [6, 6.07) is 2.07. The predicted octanol–water partition coefficient (Wildman–Crippen LogP) is 1.22. The Bertz CT molecular complexity index is 274. The number of amides is 1. The van der Waals surface area contributed by atoms with Crippen molar-refractivity contribution in [3.63, 3.8) is 0 Å². The highest BCUT2D eigenvalue weighted by molar-refractivity contribution is 6.13. The van der Waals surface area contributed by atoms with Crippen LogP contribution in [-0.4, -0.2) is 41.4 Å². The smallest absolute Gasteiger partial charge is 0.236 e. The van der Waals surface area contributed by atoms with Crippen molar-refractivity contribution in [1.82, 2.24) is 9.32 Å². The van der Waals surface area contributed by atoms with Gasteiger partial charge in [0.25, 0.3) is 0 Å². The monoisotopic (exact) mass is 229 g/mol. The van der Waals surface area contributed by atoms with Crippen LogP contribution in [0.15, 0.2) is 0 Å². The van der Waals surface area contributed by atoms with E-state index in [-0.39, 0.29) is 18.4 Å². The Balaban J connectivity index is 2.58. The Morgan fingerprint density at radius 1 is 1.73 bits per heavy atom. The molecule has 1 aliphatic rings. The summed E-state index contributed by atoms with van der Waals surface area (Å²) in [5.74, 6) is 0.395. The van der Waals surface area contributed by atoms with Crippen molar-refractivity contribution < 1.29 is 4.79 Å². The first kappa shape index (κ1) is 12.3. The molecule has 15 heavy (non-hydrogen) atoms. The largest absolute Gasteiger partial charge is 0.340 e. The van der Waals surface area contributed by atoms with Crippen molar-refractivity contribution in [2.24, 2.45) is 5.92 Å². The summed E-state index contributed by atoms with van der Waals surface area (Å²) in [5, 5.41) is 8.46. The molecule has 0 radical (unpaired) electrons. The van der Waals surface area contributed by atoms with Gasteiger partial charge in [-0.25, -0.2) is 4.42 Å². The van der Waals surface area contributed by atoms with E-state index in [4.69, 9.17) is 17.0 Å². The standard InChI is InChI=1S/C10H16ClN3O/c1-8-4-6-14(10(15)3-5-12)7-9(8)13(2)11/h8-9H,3-4,6-7H2,1-2H3/t8-,9+/m1/s1. The summed E-state index contributed by atoms with van der Waals surface area (Å²) in [6.07, 6.45) is 0.909. The fourth-order valence-corrected chi connectivity index (χ4v) is 2.17. The zero-order chi connectivity index (χ0) is 11.4. The third kappa shape index (κ3) is 3.08. The number of carbonyl (C=O) groups is 1. The number of halogens is 1. The molecule has 0 saturated carbocycles. The second-order valence-electron chi connectivity index (χ2n) is 4.03. The lowest BCUT2D eigenvalue weighted by molar-refractivity contribution is -0.132. The fourth-order valence-electron chi connectivity index (χ4n) is 1.92. The third-order valence-electron chi connectivity index (χ3n) is 2.96. The highest BCUT2D eigenvalue weighted by Gasteiger charge is 2.30. The second-order valence-corrected chi connectivity index (χ2v) is 4.57. The van der Waals surface area contributed by atoms with Crippen molar-refractivity contribution in [1.29, 1.82) is 5.26 Å². The zero-order valence-electron chi connectivity index (χ0n) is 9.11. The van der Waals surface area contributed by atoms with Gasteiger partial charge in [-0.15, -0.1) is 0 Å². The van der Waals surface area contributed by atoms with Gasteiger partial charge in [0.1, 0.15) is 6.42 Å². The number of nitriles is 1. The molecule has 84 valence electrons. The lowest BCUT2D eigenvalue weighted by atomic mass is 9.93. The van der Waals surface area contributed by atoms with E-state index in [2.05, 4.69) is 6.92 Å². The van der Waals surface area contributed by atoms with Gasteiger partial charge in [-0.1, -0.05) is 6.92 Å². The number of likely N-dealkylation sites (tertiary alicyclic amines) is 1. The van der Waals surface area contributed by atoms with Gasteiger partial charge in [0.15, 0.2) is 0 Å². The molecule has 0 unspecified atom stereocenters. The maximum absolute atomic E-state index is 11.5. The number of carbonyl (C=O) groups excluding carboxylic acids is 1. The minimum atomic E-state index is -0.0899. The van der Waals surface area contributed by atoms with Crippen LogP contribution >= 0.6 is 11.8 Å². The molecule has 0 aromatic carbocycles. The maximum Gasteiger partial charge on any atom is 0.236 e. The summed E-state index contributed by atoms with van der Waals surface area (Å²) in [4.78, 5) is 13.2. The summed E-state index contributed by atoms with van der Waals surface area (Å²) in [7, 11) is 1.81. The van der Waals surface area contributed by atoms with Crippen LogP contribution in [0.3, 0.4) is 0 Å². The van der Waals surface area contributed by atoms with Gasteiger partial charge >= 0.3 is 0 Å². The molecule has 1 amide bonds. The quantitative estimate of drug-likeness (QED) is 0.669.